The fourth-order valence-electron chi connectivity index (χ4n) is 2.20. The van der Waals surface area contributed by atoms with Crippen LogP contribution in [0.15, 0.2) is 12.2 Å². The van der Waals surface area contributed by atoms with Gasteiger partial charge in [0.05, 0.1) is 10.9 Å². The second-order valence-electron chi connectivity index (χ2n) is 5.06. The lowest BCUT2D eigenvalue weighted by Gasteiger charge is -2.35. The van der Waals surface area contributed by atoms with Crippen LogP contribution in [0, 0.1) is 0 Å². The Morgan fingerprint density at radius 1 is 1.53 bits per heavy atom. The molecule has 15 heavy (non-hydrogen) atoms. The van der Waals surface area contributed by atoms with Crippen LogP contribution in [0.2, 0.25) is 0 Å². The van der Waals surface area contributed by atoms with Gasteiger partial charge < -0.3 is 4.74 Å². The van der Waals surface area contributed by atoms with Gasteiger partial charge in [-0.2, -0.15) is 0 Å². The quantitative estimate of drug-likeness (QED) is 0.502. The van der Waals surface area contributed by atoms with Gasteiger partial charge in [-0.25, -0.2) is 4.79 Å². The molecule has 0 saturated carbocycles. The minimum atomic E-state index is -0.200. The van der Waals surface area contributed by atoms with Crippen molar-refractivity contribution in [3.63, 3.8) is 0 Å². The number of carbonyl (C=O) groups is 1. The van der Waals surface area contributed by atoms with Crippen LogP contribution in [0.5, 0.6) is 0 Å². The summed E-state index contributed by atoms with van der Waals surface area (Å²) in [5.41, 5.74) is -0.190. The molecule has 2 rings (SSSR count). The molecular formula is C11H16BrNO2. The molecule has 3 nitrogen and oxygen atoms in total. The van der Waals surface area contributed by atoms with Crippen molar-refractivity contribution in [1.29, 1.82) is 0 Å². The van der Waals surface area contributed by atoms with E-state index in [1.54, 1.807) is 0 Å². The van der Waals surface area contributed by atoms with Gasteiger partial charge in [-0.1, -0.05) is 28.1 Å². The fourth-order valence-corrected chi connectivity index (χ4v) is 2.83. The van der Waals surface area contributed by atoms with Crippen LogP contribution < -0.4 is 0 Å². The first-order valence-electron chi connectivity index (χ1n) is 5.22. The molecule has 0 aromatic rings. The highest BCUT2D eigenvalue weighted by Gasteiger charge is 2.48. The van der Waals surface area contributed by atoms with Crippen molar-refractivity contribution in [2.24, 2.45) is 0 Å². The average Bonchev–Trinajstić information content (AvgIpc) is 2.41. The third kappa shape index (κ3) is 1.80. The van der Waals surface area contributed by atoms with E-state index in [0.29, 0.717) is 0 Å². The predicted octanol–water partition coefficient (Wildman–Crippen LogP) is 2.70. The van der Waals surface area contributed by atoms with Crippen LogP contribution in [0.25, 0.3) is 0 Å². The van der Waals surface area contributed by atoms with Crippen LogP contribution in [0.4, 0.5) is 4.79 Å². The molecule has 2 aliphatic rings. The lowest BCUT2D eigenvalue weighted by atomic mass is 9.95. The summed E-state index contributed by atoms with van der Waals surface area (Å²) in [5, 5.41) is 0. The maximum Gasteiger partial charge on any atom is 0.411 e. The first-order chi connectivity index (χ1) is 6.91. The molecular weight excluding hydrogens is 258 g/mol. The van der Waals surface area contributed by atoms with Crippen LogP contribution >= 0.6 is 15.9 Å². The molecule has 84 valence electrons. The maximum absolute atomic E-state index is 11.8. The largest absolute Gasteiger partial charge is 0.442 e. The molecule has 1 aliphatic carbocycles. The second kappa shape index (κ2) is 3.51. The fraction of sp³-hybridized carbons (Fsp3) is 0.727. The molecule has 1 saturated heterocycles. The number of alkyl halides is 1. The number of carbonyl (C=O) groups excluding carboxylic acids is 1. The van der Waals surface area contributed by atoms with E-state index in [1.807, 2.05) is 25.7 Å². The second-order valence-corrected chi connectivity index (χ2v) is 6.24. The zero-order valence-corrected chi connectivity index (χ0v) is 10.8. The minimum Gasteiger partial charge on any atom is -0.442 e. The molecule has 0 bridgehead atoms. The van der Waals surface area contributed by atoms with Gasteiger partial charge >= 0.3 is 6.09 Å². The van der Waals surface area contributed by atoms with Crippen molar-refractivity contribution in [1.82, 2.24) is 4.90 Å². The van der Waals surface area contributed by atoms with E-state index < -0.39 is 0 Å². The summed E-state index contributed by atoms with van der Waals surface area (Å²) in [6.07, 6.45) is 4.88. The number of halogens is 1. The molecule has 0 unspecified atom stereocenters. The van der Waals surface area contributed by atoms with Crippen LogP contribution in [-0.2, 0) is 4.74 Å². The first kappa shape index (κ1) is 11.0. The Morgan fingerprint density at radius 3 is 2.80 bits per heavy atom. The Kier molecular flexibility index (Phi) is 2.57. The van der Waals surface area contributed by atoms with Gasteiger partial charge in [0.25, 0.3) is 0 Å². The zero-order valence-electron chi connectivity index (χ0n) is 9.24. The van der Waals surface area contributed by atoms with Gasteiger partial charge in [-0.15, -0.1) is 0 Å². The van der Waals surface area contributed by atoms with Gasteiger partial charge in [0, 0.05) is 5.54 Å². The summed E-state index contributed by atoms with van der Waals surface area (Å²) in [6, 6.07) is 0.0793. The summed E-state index contributed by atoms with van der Waals surface area (Å²) in [4.78, 5) is 13.8. The van der Waals surface area contributed by atoms with Gasteiger partial charge in [0.15, 0.2) is 0 Å². The first-order valence-corrected chi connectivity index (χ1v) is 6.13. The van der Waals surface area contributed by atoms with Crippen molar-refractivity contribution in [2.45, 2.75) is 49.7 Å². The standard InChI is InChI=1S/C11H16BrNO2/c1-11(2,3)13-8-6-4-5-7(12)9(8)15-10(13)14/h4,6-9H,5H2,1-3H3/t7-,8-,9+/m0/s1. The Hall–Kier alpha value is -0.510. The molecule has 0 spiro atoms. The van der Waals surface area contributed by atoms with E-state index in [-0.39, 0.29) is 28.6 Å². The number of ether oxygens (including phenoxy) is 1. The van der Waals surface area contributed by atoms with Gasteiger partial charge in [0.1, 0.15) is 6.10 Å². The number of fused-ring (bicyclic) bond motifs is 1. The summed E-state index contributed by atoms with van der Waals surface area (Å²) in [5.74, 6) is 0. The van der Waals surface area contributed by atoms with Crippen molar-refractivity contribution in [2.75, 3.05) is 0 Å². The highest BCUT2D eigenvalue weighted by molar-refractivity contribution is 9.09. The van der Waals surface area contributed by atoms with E-state index in [4.69, 9.17) is 4.74 Å². The van der Waals surface area contributed by atoms with Crippen molar-refractivity contribution in [3.8, 4) is 0 Å². The molecule has 1 aliphatic heterocycles. The third-order valence-corrected chi connectivity index (χ3v) is 3.74. The number of allylic oxidation sites excluding steroid dienone is 1. The van der Waals surface area contributed by atoms with E-state index in [0.717, 1.165) is 6.42 Å². The molecule has 4 heteroatoms. The highest BCUT2D eigenvalue weighted by Crippen LogP contribution is 2.35. The van der Waals surface area contributed by atoms with E-state index >= 15 is 0 Å². The molecule has 0 aromatic heterocycles. The third-order valence-electron chi connectivity index (χ3n) is 2.84. The highest BCUT2D eigenvalue weighted by atomic mass is 79.9. The van der Waals surface area contributed by atoms with Crippen molar-refractivity contribution < 1.29 is 9.53 Å². The number of amides is 1. The summed E-state index contributed by atoms with van der Waals surface area (Å²) in [6.45, 7) is 6.09. The minimum absolute atomic E-state index is 0.0401. The summed E-state index contributed by atoms with van der Waals surface area (Å²) >= 11 is 3.56. The predicted molar refractivity (Wildman–Crippen MR) is 62.1 cm³/mol. The monoisotopic (exact) mass is 273 g/mol. The molecule has 1 fully saturated rings. The maximum atomic E-state index is 11.8. The molecule has 0 aromatic carbocycles. The van der Waals surface area contributed by atoms with Crippen molar-refractivity contribution in [3.05, 3.63) is 12.2 Å². The zero-order chi connectivity index (χ0) is 11.2. The molecule has 1 amide bonds. The summed E-state index contributed by atoms with van der Waals surface area (Å²) < 4.78 is 5.41. The number of hydrogen-bond acceptors (Lipinski definition) is 2. The van der Waals surface area contributed by atoms with Gasteiger partial charge in [-0.05, 0) is 27.2 Å². The number of rotatable bonds is 0. The summed E-state index contributed by atoms with van der Waals surface area (Å²) in [7, 11) is 0. The Morgan fingerprint density at radius 2 is 2.20 bits per heavy atom. The smallest absolute Gasteiger partial charge is 0.411 e. The molecule has 1 heterocycles. The van der Waals surface area contributed by atoms with E-state index in [9.17, 15) is 4.79 Å². The van der Waals surface area contributed by atoms with E-state index in [1.165, 1.54) is 0 Å². The SMILES string of the molecule is CC(C)(C)N1C(=O)O[C@@H]2[C@@H](Br)CC=C[C@@H]21. The van der Waals surface area contributed by atoms with Crippen LogP contribution in [0.3, 0.4) is 0 Å². The van der Waals surface area contributed by atoms with Crippen LogP contribution in [0.1, 0.15) is 27.2 Å². The number of nitrogens with zero attached hydrogens (tertiary/aromatic N) is 1. The lowest BCUT2D eigenvalue weighted by Crippen LogP contribution is -2.49. The number of hydrogen-bond donors (Lipinski definition) is 0. The van der Waals surface area contributed by atoms with Crippen molar-refractivity contribution >= 4 is 22.0 Å². The normalized spacial score (nSPS) is 35.3. The molecule has 3 atom stereocenters. The average molecular weight is 274 g/mol. The molecule has 0 N–H and O–H groups in total. The molecule has 0 radical (unpaired) electrons. The lowest BCUT2D eigenvalue weighted by molar-refractivity contribution is 0.119. The Balaban J connectivity index is 2.30. The van der Waals surface area contributed by atoms with Gasteiger partial charge in [0.2, 0.25) is 0 Å². The van der Waals surface area contributed by atoms with Crippen LogP contribution in [-0.4, -0.2) is 33.5 Å². The Labute approximate surface area is 98.6 Å². The topological polar surface area (TPSA) is 29.5 Å². The Bertz CT molecular complexity index is 308. The van der Waals surface area contributed by atoms with Gasteiger partial charge in [-0.3, -0.25) is 4.90 Å². The van der Waals surface area contributed by atoms with E-state index in [2.05, 4.69) is 28.1 Å².